The van der Waals surface area contributed by atoms with Crippen molar-refractivity contribution in [1.82, 2.24) is 0 Å². The van der Waals surface area contributed by atoms with Crippen molar-refractivity contribution in [3.63, 3.8) is 0 Å². The molecule has 1 nitrogen and oxygen atoms in total. The van der Waals surface area contributed by atoms with Gasteiger partial charge in [0.1, 0.15) is 0 Å². The second-order valence-corrected chi connectivity index (χ2v) is 7.30. The first-order chi connectivity index (χ1) is 7.33. The maximum atomic E-state index is 10.3. The highest BCUT2D eigenvalue weighted by Crippen LogP contribution is 2.53. The minimum absolute atomic E-state index is 0.0786. The van der Waals surface area contributed by atoms with Crippen molar-refractivity contribution in [2.75, 3.05) is 0 Å². The first kappa shape index (κ1) is 12.4. The van der Waals surface area contributed by atoms with Crippen molar-refractivity contribution in [3.8, 4) is 0 Å². The summed E-state index contributed by atoms with van der Waals surface area (Å²) in [6, 6.07) is 0. The van der Waals surface area contributed by atoms with Crippen molar-refractivity contribution >= 4 is 0 Å². The van der Waals surface area contributed by atoms with Gasteiger partial charge in [-0.15, -0.1) is 0 Å². The van der Waals surface area contributed by atoms with Crippen molar-refractivity contribution in [3.05, 3.63) is 0 Å². The van der Waals surface area contributed by atoms with E-state index in [1.165, 1.54) is 19.3 Å². The Bertz CT molecular complexity index is 258. The summed E-state index contributed by atoms with van der Waals surface area (Å²) in [5, 5.41) is 10.3. The van der Waals surface area contributed by atoms with E-state index in [2.05, 4.69) is 34.6 Å². The highest BCUT2D eigenvalue weighted by Gasteiger charge is 2.48. The Labute approximate surface area is 101 Å². The van der Waals surface area contributed by atoms with Gasteiger partial charge in [0.05, 0.1) is 6.10 Å². The van der Waals surface area contributed by atoms with E-state index < -0.39 is 0 Å². The zero-order chi connectivity index (χ0) is 12.1. The molecule has 0 amide bonds. The lowest BCUT2D eigenvalue weighted by Crippen LogP contribution is -2.49. The van der Waals surface area contributed by atoms with Crippen LogP contribution in [0.2, 0.25) is 0 Å². The molecule has 1 heteroatoms. The smallest absolute Gasteiger partial charge is 0.0596 e. The molecular formula is C15H28O. The normalized spacial score (nSPS) is 52.1. The van der Waals surface area contributed by atoms with Gasteiger partial charge in [-0.1, -0.05) is 34.6 Å². The fourth-order valence-corrected chi connectivity index (χ4v) is 4.32. The van der Waals surface area contributed by atoms with Gasteiger partial charge >= 0.3 is 0 Å². The standard InChI is InChI=1S/C15H28O/c1-9-10(2)14(16)11(3)13-8-15(4,5)7-6-12(9)13/h9-14,16H,6-8H2,1-5H3. The Hall–Kier alpha value is -0.0400. The van der Waals surface area contributed by atoms with Crippen LogP contribution < -0.4 is 0 Å². The molecule has 0 heterocycles. The summed E-state index contributed by atoms with van der Waals surface area (Å²) >= 11 is 0. The van der Waals surface area contributed by atoms with Gasteiger partial charge in [-0.25, -0.2) is 0 Å². The number of rotatable bonds is 0. The van der Waals surface area contributed by atoms with Crippen LogP contribution in [-0.2, 0) is 0 Å². The summed E-state index contributed by atoms with van der Waals surface area (Å²) in [6.45, 7) is 11.7. The summed E-state index contributed by atoms with van der Waals surface area (Å²) < 4.78 is 0. The van der Waals surface area contributed by atoms with Gasteiger partial charge in [-0.2, -0.15) is 0 Å². The second kappa shape index (κ2) is 4.01. The van der Waals surface area contributed by atoms with Gasteiger partial charge in [0.2, 0.25) is 0 Å². The summed E-state index contributed by atoms with van der Waals surface area (Å²) in [5.74, 6) is 3.30. The summed E-state index contributed by atoms with van der Waals surface area (Å²) in [5.41, 5.74) is 0.495. The highest BCUT2D eigenvalue weighted by molar-refractivity contribution is 4.97. The molecule has 2 fully saturated rings. The quantitative estimate of drug-likeness (QED) is 0.665. The molecule has 0 aromatic rings. The van der Waals surface area contributed by atoms with Crippen molar-refractivity contribution in [2.24, 2.45) is 35.0 Å². The molecule has 0 radical (unpaired) electrons. The Morgan fingerprint density at radius 3 is 2.19 bits per heavy atom. The number of aliphatic hydroxyl groups is 1. The van der Waals surface area contributed by atoms with Gasteiger partial charge in [-0.3, -0.25) is 0 Å². The number of fused-ring (bicyclic) bond motifs is 1. The third-order valence-corrected chi connectivity index (χ3v) is 5.75. The molecule has 0 aromatic heterocycles. The van der Waals surface area contributed by atoms with Crippen LogP contribution >= 0.6 is 0 Å². The Morgan fingerprint density at radius 2 is 1.56 bits per heavy atom. The second-order valence-electron chi connectivity index (χ2n) is 7.30. The van der Waals surface area contributed by atoms with E-state index >= 15 is 0 Å². The maximum absolute atomic E-state index is 10.3. The molecule has 6 unspecified atom stereocenters. The monoisotopic (exact) mass is 224 g/mol. The zero-order valence-corrected chi connectivity index (χ0v) is 11.5. The first-order valence-electron chi connectivity index (χ1n) is 7.01. The minimum atomic E-state index is -0.0786. The molecule has 94 valence electrons. The molecule has 0 aliphatic heterocycles. The van der Waals surface area contributed by atoms with Gasteiger partial charge in [0.25, 0.3) is 0 Å². The third kappa shape index (κ3) is 1.92. The third-order valence-electron chi connectivity index (χ3n) is 5.75. The maximum Gasteiger partial charge on any atom is 0.0596 e. The molecule has 0 aromatic carbocycles. The fourth-order valence-electron chi connectivity index (χ4n) is 4.32. The first-order valence-corrected chi connectivity index (χ1v) is 7.01. The molecular weight excluding hydrogens is 196 g/mol. The predicted octanol–water partition coefficient (Wildman–Crippen LogP) is 3.71. The van der Waals surface area contributed by atoms with Crippen molar-refractivity contribution < 1.29 is 5.11 Å². The summed E-state index contributed by atoms with van der Waals surface area (Å²) in [7, 11) is 0. The van der Waals surface area contributed by atoms with Gasteiger partial charge in [0, 0.05) is 0 Å². The largest absolute Gasteiger partial charge is 0.393 e. The van der Waals surface area contributed by atoms with Crippen LogP contribution in [0.4, 0.5) is 0 Å². The van der Waals surface area contributed by atoms with Crippen LogP contribution in [0.3, 0.4) is 0 Å². The lowest BCUT2D eigenvalue weighted by Gasteiger charge is -2.53. The molecule has 16 heavy (non-hydrogen) atoms. The number of hydrogen-bond acceptors (Lipinski definition) is 1. The Morgan fingerprint density at radius 1 is 0.938 bits per heavy atom. The van der Waals surface area contributed by atoms with Crippen LogP contribution in [0.25, 0.3) is 0 Å². The lowest BCUT2D eigenvalue weighted by atomic mass is 9.53. The molecule has 2 rings (SSSR count). The van der Waals surface area contributed by atoms with Crippen molar-refractivity contribution in [1.29, 1.82) is 0 Å². The van der Waals surface area contributed by atoms with Crippen LogP contribution in [-0.4, -0.2) is 11.2 Å². The lowest BCUT2D eigenvalue weighted by molar-refractivity contribution is -0.0946. The van der Waals surface area contributed by atoms with Crippen LogP contribution in [0, 0.1) is 35.0 Å². The van der Waals surface area contributed by atoms with Crippen molar-refractivity contribution in [2.45, 2.75) is 60.0 Å². The van der Waals surface area contributed by atoms with Crippen LogP contribution in [0.15, 0.2) is 0 Å². The molecule has 2 aliphatic rings. The van der Waals surface area contributed by atoms with E-state index in [0.29, 0.717) is 23.2 Å². The number of aliphatic hydroxyl groups excluding tert-OH is 1. The Kier molecular flexibility index (Phi) is 3.11. The topological polar surface area (TPSA) is 20.2 Å². The average molecular weight is 224 g/mol. The Balaban J connectivity index is 2.20. The SMILES string of the molecule is CC1C(C)C2CCC(C)(C)CC2C(C)C1O. The summed E-state index contributed by atoms with van der Waals surface area (Å²) in [6.07, 6.45) is 3.98. The van der Waals surface area contributed by atoms with E-state index in [4.69, 9.17) is 0 Å². The zero-order valence-electron chi connectivity index (χ0n) is 11.5. The highest BCUT2D eigenvalue weighted by atomic mass is 16.3. The van der Waals surface area contributed by atoms with Crippen LogP contribution in [0.1, 0.15) is 53.9 Å². The van der Waals surface area contributed by atoms with E-state index in [0.717, 1.165) is 11.8 Å². The predicted molar refractivity (Wildman–Crippen MR) is 68.1 cm³/mol. The van der Waals surface area contributed by atoms with Crippen LogP contribution in [0.5, 0.6) is 0 Å². The van der Waals surface area contributed by atoms with Gasteiger partial charge < -0.3 is 5.11 Å². The van der Waals surface area contributed by atoms with E-state index in [1.807, 2.05) is 0 Å². The van der Waals surface area contributed by atoms with Gasteiger partial charge in [0.15, 0.2) is 0 Å². The number of hydrogen-bond donors (Lipinski definition) is 1. The molecule has 0 saturated heterocycles. The minimum Gasteiger partial charge on any atom is -0.393 e. The van der Waals surface area contributed by atoms with E-state index in [-0.39, 0.29) is 6.10 Å². The molecule has 0 bridgehead atoms. The van der Waals surface area contributed by atoms with Gasteiger partial charge in [-0.05, 0) is 54.3 Å². The molecule has 6 atom stereocenters. The average Bonchev–Trinajstić information content (AvgIpc) is 2.22. The van der Waals surface area contributed by atoms with E-state index in [1.54, 1.807) is 0 Å². The fraction of sp³-hybridized carbons (Fsp3) is 1.00. The molecule has 2 aliphatic carbocycles. The van der Waals surface area contributed by atoms with E-state index in [9.17, 15) is 5.11 Å². The molecule has 2 saturated carbocycles. The molecule has 1 N–H and O–H groups in total. The molecule has 0 spiro atoms. The summed E-state index contributed by atoms with van der Waals surface area (Å²) in [4.78, 5) is 0.